The molecule has 2 aromatic rings. The van der Waals surface area contributed by atoms with Crippen LogP contribution in [0, 0.1) is 23.2 Å². The van der Waals surface area contributed by atoms with Gasteiger partial charge in [-0.15, -0.1) is 0 Å². The second-order valence-corrected chi connectivity index (χ2v) is 13.6. The number of allylic oxidation sites excluding steroid dienone is 2. The Hall–Kier alpha value is -2.76. The minimum Gasteiger partial charge on any atom is -0.465 e. The summed E-state index contributed by atoms with van der Waals surface area (Å²) in [5.74, 6) is 2.01. The first-order chi connectivity index (χ1) is 21.5. The number of ether oxygens (including phenoxy) is 1. The van der Waals surface area contributed by atoms with Crippen LogP contribution in [0.3, 0.4) is 0 Å². The van der Waals surface area contributed by atoms with Crippen molar-refractivity contribution in [3.8, 4) is 0 Å². The molecule has 1 unspecified atom stereocenters. The lowest BCUT2D eigenvalue weighted by atomic mass is 9.83. The monoisotopic (exact) mass is 597 g/mol. The molecule has 1 saturated carbocycles. The molecule has 3 aliphatic rings. The summed E-state index contributed by atoms with van der Waals surface area (Å²) in [6.45, 7) is 11.8. The molecule has 238 valence electrons. The fraction of sp³-hybridized carbons (Fsp3) is 0.590. The van der Waals surface area contributed by atoms with E-state index in [1.807, 2.05) is 6.92 Å². The Morgan fingerprint density at radius 1 is 0.932 bits per heavy atom. The normalized spacial score (nSPS) is 24.2. The van der Waals surface area contributed by atoms with Gasteiger partial charge in [-0.3, -0.25) is 9.69 Å². The largest absolute Gasteiger partial charge is 0.465 e. The summed E-state index contributed by atoms with van der Waals surface area (Å²) in [5.41, 5.74) is 4.85. The molecule has 0 radical (unpaired) electrons. The van der Waals surface area contributed by atoms with Gasteiger partial charge in [0.1, 0.15) is 6.04 Å². The van der Waals surface area contributed by atoms with Gasteiger partial charge in [-0.05, 0) is 88.1 Å². The van der Waals surface area contributed by atoms with Gasteiger partial charge < -0.3 is 15.0 Å². The van der Waals surface area contributed by atoms with Crippen molar-refractivity contribution in [2.45, 2.75) is 90.0 Å². The highest BCUT2D eigenvalue weighted by atomic mass is 16.5. The standard InChI is InChI=1S/C39H55N3O2/c1-4-35(30-15-9-6-10-16-30)29(3)25-37(40)32-21-23-41(24-22-32)26-34-27-42(28-36(34)31-17-11-7-12-18-31)38(39(43)44-5-2)33-19-13-8-14-20-33/h6-7,9-12,15-18,25,32-36,38,40H,4-5,8,13-14,19-24,26-28H2,1-3H3/b29-25+,40-37?/t34-,35?,36+,38+/m0/s1. The highest BCUT2D eigenvalue weighted by Gasteiger charge is 2.43. The predicted octanol–water partition coefficient (Wildman–Crippen LogP) is 8.09. The molecule has 2 saturated heterocycles. The lowest BCUT2D eigenvalue weighted by Crippen LogP contribution is -2.47. The third-order valence-electron chi connectivity index (χ3n) is 10.8. The van der Waals surface area contributed by atoms with Crippen molar-refractivity contribution in [2.24, 2.45) is 17.8 Å². The fourth-order valence-corrected chi connectivity index (χ4v) is 8.44. The average molecular weight is 598 g/mol. The summed E-state index contributed by atoms with van der Waals surface area (Å²) in [4.78, 5) is 18.5. The zero-order valence-corrected chi connectivity index (χ0v) is 27.4. The first-order valence-corrected chi connectivity index (χ1v) is 17.5. The quantitative estimate of drug-likeness (QED) is 0.198. The molecule has 0 aromatic heterocycles. The van der Waals surface area contributed by atoms with Gasteiger partial charge >= 0.3 is 5.97 Å². The van der Waals surface area contributed by atoms with Crippen molar-refractivity contribution in [3.63, 3.8) is 0 Å². The first kappa shape index (κ1) is 32.6. The molecule has 0 spiro atoms. The van der Waals surface area contributed by atoms with E-state index < -0.39 is 0 Å². The maximum Gasteiger partial charge on any atom is 0.323 e. The maximum atomic E-state index is 13.4. The molecule has 5 nitrogen and oxygen atoms in total. The number of carbonyl (C=O) groups is 1. The van der Waals surface area contributed by atoms with E-state index in [1.54, 1.807) is 0 Å². The number of esters is 1. The Balaban J connectivity index is 1.23. The molecule has 0 bridgehead atoms. The molecule has 1 N–H and O–H groups in total. The maximum absolute atomic E-state index is 13.4. The lowest BCUT2D eigenvalue weighted by molar-refractivity contribution is -0.152. The Kier molecular flexibility index (Phi) is 11.9. The summed E-state index contributed by atoms with van der Waals surface area (Å²) < 4.78 is 5.69. The minimum absolute atomic E-state index is 0.00730. The smallest absolute Gasteiger partial charge is 0.323 e. The van der Waals surface area contributed by atoms with E-state index in [0.717, 1.165) is 70.5 Å². The van der Waals surface area contributed by atoms with Gasteiger partial charge in [0.15, 0.2) is 0 Å². The highest BCUT2D eigenvalue weighted by molar-refractivity contribution is 5.95. The number of carbonyl (C=O) groups excluding carboxylic acids is 1. The topological polar surface area (TPSA) is 56.6 Å². The summed E-state index contributed by atoms with van der Waals surface area (Å²) in [5, 5.41) is 8.98. The van der Waals surface area contributed by atoms with Crippen LogP contribution in [0.5, 0.6) is 0 Å². The molecular weight excluding hydrogens is 542 g/mol. The molecule has 3 fully saturated rings. The van der Waals surface area contributed by atoms with E-state index in [1.165, 1.54) is 36.0 Å². The van der Waals surface area contributed by atoms with Gasteiger partial charge in [0.05, 0.1) is 6.61 Å². The SMILES string of the molecule is CCOC(=O)[C@@H](C1CCCCC1)N1C[C@H](CN2CCC(C(=N)/C=C(\C)C(CC)c3ccccc3)CC2)[C@@H](c2ccccc2)C1. The second-order valence-electron chi connectivity index (χ2n) is 13.6. The van der Waals surface area contributed by atoms with E-state index in [-0.39, 0.29) is 12.0 Å². The molecule has 2 heterocycles. The van der Waals surface area contributed by atoms with Gasteiger partial charge in [0.2, 0.25) is 0 Å². The number of rotatable bonds is 12. The minimum atomic E-state index is -0.115. The number of piperidine rings is 1. The zero-order chi connectivity index (χ0) is 30.9. The Labute approximate surface area is 266 Å². The molecular formula is C39H55N3O2. The molecule has 0 amide bonds. The van der Waals surface area contributed by atoms with Crippen molar-refractivity contribution in [1.29, 1.82) is 5.41 Å². The predicted molar refractivity (Wildman–Crippen MR) is 181 cm³/mol. The summed E-state index contributed by atoms with van der Waals surface area (Å²) in [6.07, 6.45) is 11.3. The van der Waals surface area contributed by atoms with Crippen LogP contribution in [0.4, 0.5) is 0 Å². The van der Waals surface area contributed by atoms with Crippen molar-refractivity contribution in [3.05, 3.63) is 83.4 Å². The van der Waals surface area contributed by atoms with Crippen LogP contribution >= 0.6 is 0 Å². The van der Waals surface area contributed by atoms with E-state index in [4.69, 9.17) is 10.1 Å². The van der Waals surface area contributed by atoms with Crippen LogP contribution in [-0.2, 0) is 9.53 Å². The van der Waals surface area contributed by atoms with Crippen LogP contribution in [0.15, 0.2) is 72.3 Å². The summed E-state index contributed by atoms with van der Waals surface area (Å²) >= 11 is 0. The van der Waals surface area contributed by atoms with Gasteiger partial charge in [-0.25, -0.2) is 0 Å². The average Bonchev–Trinajstić information content (AvgIpc) is 3.46. The third kappa shape index (κ3) is 8.09. The molecule has 5 rings (SSSR count). The van der Waals surface area contributed by atoms with Crippen LogP contribution < -0.4 is 0 Å². The van der Waals surface area contributed by atoms with E-state index >= 15 is 0 Å². The lowest BCUT2D eigenvalue weighted by Gasteiger charge is -2.36. The van der Waals surface area contributed by atoms with Crippen molar-refractivity contribution < 1.29 is 9.53 Å². The summed E-state index contributed by atoms with van der Waals surface area (Å²) in [7, 11) is 0. The number of hydrogen-bond acceptors (Lipinski definition) is 5. The van der Waals surface area contributed by atoms with E-state index in [2.05, 4.69) is 90.4 Å². The molecule has 2 aromatic carbocycles. The van der Waals surface area contributed by atoms with E-state index in [9.17, 15) is 4.79 Å². The first-order valence-electron chi connectivity index (χ1n) is 17.5. The van der Waals surface area contributed by atoms with Gasteiger partial charge in [-0.1, -0.05) is 92.4 Å². The third-order valence-corrected chi connectivity index (χ3v) is 10.8. The van der Waals surface area contributed by atoms with Crippen molar-refractivity contribution in [1.82, 2.24) is 9.80 Å². The van der Waals surface area contributed by atoms with Crippen LogP contribution in [0.1, 0.15) is 95.1 Å². The van der Waals surface area contributed by atoms with Crippen LogP contribution in [0.2, 0.25) is 0 Å². The Bertz CT molecular complexity index is 1210. The van der Waals surface area contributed by atoms with Gasteiger partial charge in [0, 0.05) is 43.1 Å². The van der Waals surface area contributed by atoms with Crippen LogP contribution in [0.25, 0.3) is 0 Å². The number of benzene rings is 2. The van der Waals surface area contributed by atoms with Crippen molar-refractivity contribution >= 4 is 11.7 Å². The molecule has 1 aliphatic carbocycles. The molecule has 44 heavy (non-hydrogen) atoms. The Morgan fingerprint density at radius 3 is 2.23 bits per heavy atom. The molecule has 2 aliphatic heterocycles. The van der Waals surface area contributed by atoms with Crippen molar-refractivity contribution in [2.75, 3.05) is 39.3 Å². The number of hydrogen-bond donors (Lipinski definition) is 1. The zero-order valence-electron chi connectivity index (χ0n) is 27.4. The Morgan fingerprint density at radius 2 is 1.59 bits per heavy atom. The van der Waals surface area contributed by atoms with Gasteiger partial charge in [-0.2, -0.15) is 0 Å². The van der Waals surface area contributed by atoms with Gasteiger partial charge in [0.25, 0.3) is 0 Å². The van der Waals surface area contributed by atoms with Crippen LogP contribution in [-0.4, -0.2) is 66.9 Å². The fourth-order valence-electron chi connectivity index (χ4n) is 8.44. The molecule has 4 atom stereocenters. The summed E-state index contributed by atoms with van der Waals surface area (Å²) in [6, 6.07) is 21.6. The second kappa shape index (κ2) is 16.0. The number of nitrogens with one attached hydrogen (secondary N) is 1. The highest BCUT2D eigenvalue weighted by Crippen LogP contribution is 2.39. The van der Waals surface area contributed by atoms with E-state index in [0.29, 0.717) is 36.2 Å². The molecule has 5 heteroatoms. The number of nitrogens with zero attached hydrogens (tertiary/aromatic N) is 2. The number of likely N-dealkylation sites (tertiary alicyclic amines) is 2.